The van der Waals surface area contributed by atoms with Crippen LogP contribution in [-0.4, -0.2) is 9.55 Å². The van der Waals surface area contributed by atoms with Gasteiger partial charge in [-0.1, -0.05) is 12.1 Å². The summed E-state index contributed by atoms with van der Waals surface area (Å²) < 4.78 is 2.02. The minimum absolute atomic E-state index is 0.290. The molecule has 1 aromatic carbocycles. The van der Waals surface area contributed by atoms with Crippen LogP contribution in [0.4, 0.5) is 5.69 Å². The second kappa shape index (κ2) is 5.51. The van der Waals surface area contributed by atoms with Crippen LogP contribution in [0.3, 0.4) is 0 Å². The number of para-hydroxylation sites is 2. The summed E-state index contributed by atoms with van der Waals surface area (Å²) in [7, 11) is 0. The van der Waals surface area contributed by atoms with Crippen LogP contribution in [0.15, 0.2) is 55.1 Å². The maximum Gasteiger partial charge on any atom is 0.0992 e. The maximum absolute atomic E-state index is 4.12. The molecular formula is C16H17N3S. The molecule has 3 aromatic rings. The van der Waals surface area contributed by atoms with Crippen molar-refractivity contribution in [2.24, 2.45) is 0 Å². The SMILES string of the molecule is Cc1ccc(C(C)Nc2ccccc2-n2ccnc2)s1. The topological polar surface area (TPSA) is 29.9 Å². The Balaban J connectivity index is 1.88. The van der Waals surface area contributed by atoms with Crippen LogP contribution in [0.1, 0.15) is 22.7 Å². The largest absolute Gasteiger partial charge is 0.376 e. The molecule has 0 aliphatic heterocycles. The van der Waals surface area contributed by atoms with Crippen molar-refractivity contribution in [1.82, 2.24) is 9.55 Å². The van der Waals surface area contributed by atoms with E-state index in [2.05, 4.69) is 54.5 Å². The first-order valence-electron chi connectivity index (χ1n) is 6.64. The highest BCUT2D eigenvalue weighted by atomic mass is 32.1. The van der Waals surface area contributed by atoms with Gasteiger partial charge in [0.05, 0.1) is 23.7 Å². The highest BCUT2D eigenvalue weighted by Crippen LogP contribution is 2.28. The van der Waals surface area contributed by atoms with Crippen molar-refractivity contribution >= 4 is 17.0 Å². The predicted molar refractivity (Wildman–Crippen MR) is 84.7 cm³/mol. The number of aryl methyl sites for hydroxylation is 1. The van der Waals surface area contributed by atoms with E-state index < -0.39 is 0 Å². The standard InChI is InChI=1S/C16H17N3S/c1-12-7-8-16(20-12)13(2)18-14-5-3-4-6-15(14)19-10-9-17-11-19/h3-11,13,18H,1-2H3. The van der Waals surface area contributed by atoms with Gasteiger partial charge in [0.1, 0.15) is 0 Å². The van der Waals surface area contributed by atoms with Crippen molar-refractivity contribution in [3.63, 3.8) is 0 Å². The van der Waals surface area contributed by atoms with Gasteiger partial charge in [0.25, 0.3) is 0 Å². The Bertz CT molecular complexity index is 685. The number of thiophene rings is 1. The first-order valence-corrected chi connectivity index (χ1v) is 7.46. The lowest BCUT2D eigenvalue weighted by Crippen LogP contribution is -2.07. The smallest absolute Gasteiger partial charge is 0.0992 e. The van der Waals surface area contributed by atoms with Gasteiger partial charge in [-0.15, -0.1) is 11.3 Å². The van der Waals surface area contributed by atoms with Crippen molar-refractivity contribution in [3.8, 4) is 5.69 Å². The number of nitrogens with one attached hydrogen (secondary N) is 1. The van der Waals surface area contributed by atoms with Crippen LogP contribution < -0.4 is 5.32 Å². The van der Waals surface area contributed by atoms with Crippen LogP contribution in [0, 0.1) is 6.92 Å². The highest BCUT2D eigenvalue weighted by Gasteiger charge is 2.10. The molecule has 1 unspecified atom stereocenters. The summed E-state index contributed by atoms with van der Waals surface area (Å²) >= 11 is 1.84. The van der Waals surface area contributed by atoms with Crippen molar-refractivity contribution in [3.05, 3.63) is 64.9 Å². The molecule has 0 fully saturated rings. The predicted octanol–water partition coefficient (Wildman–Crippen LogP) is 4.42. The third kappa shape index (κ3) is 2.60. The lowest BCUT2D eigenvalue weighted by Gasteiger charge is -2.17. The average molecular weight is 283 g/mol. The summed E-state index contributed by atoms with van der Waals surface area (Å²) in [5.41, 5.74) is 2.23. The lowest BCUT2D eigenvalue weighted by atomic mass is 10.2. The Hall–Kier alpha value is -2.07. The maximum atomic E-state index is 4.12. The molecule has 0 spiro atoms. The molecule has 0 bridgehead atoms. The highest BCUT2D eigenvalue weighted by molar-refractivity contribution is 7.12. The van der Waals surface area contributed by atoms with Crippen LogP contribution in [0.5, 0.6) is 0 Å². The summed E-state index contributed by atoms with van der Waals surface area (Å²) in [4.78, 5) is 6.81. The van der Waals surface area contributed by atoms with Gasteiger partial charge in [0.15, 0.2) is 0 Å². The first kappa shape index (κ1) is 12.9. The molecule has 0 aliphatic rings. The first-order chi connectivity index (χ1) is 9.74. The fourth-order valence-electron chi connectivity index (χ4n) is 2.21. The lowest BCUT2D eigenvalue weighted by molar-refractivity contribution is 0.901. The third-order valence-electron chi connectivity index (χ3n) is 3.25. The molecule has 4 heteroatoms. The van der Waals surface area contributed by atoms with E-state index in [1.807, 2.05) is 34.5 Å². The van der Waals surface area contributed by atoms with E-state index in [1.165, 1.54) is 9.75 Å². The monoisotopic (exact) mass is 283 g/mol. The molecule has 2 aromatic heterocycles. The van der Waals surface area contributed by atoms with Gasteiger partial charge in [-0.2, -0.15) is 0 Å². The van der Waals surface area contributed by atoms with Crippen molar-refractivity contribution < 1.29 is 0 Å². The summed E-state index contributed by atoms with van der Waals surface area (Å²) in [6.45, 7) is 4.33. The van der Waals surface area contributed by atoms with Crippen LogP contribution >= 0.6 is 11.3 Å². The zero-order chi connectivity index (χ0) is 13.9. The number of rotatable bonds is 4. The summed E-state index contributed by atoms with van der Waals surface area (Å²) in [5, 5.41) is 3.59. The van der Waals surface area contributed by atoms with Gasteiger partial charge in [-0.3, -0.25) is 0 Å². The van der Waals surface area contributed by atoms with Gasteiger partial charge in [-0.05, 0) is 38.1 Å². The summed E-state index contributed by atoms with van der Waals surface area (Å²) in [6, 6.07) is 12.9. The molecule has 1 atom stereocenters. The number of hydrogen-bond acceptors (Lipinski definition) is 3. The molecular weight excluding hydrogens is 266 g/mol. The van der Waals surface area contributed by atoms with Gasteiger partial charge in [0, 0.05) is 22.1 Å². The fraction of sp³-hybridized carbons (Fsp3) is 0.188. The second-order valence-corrected chi connectivity index (χ2v) is 6.12. The number of aromatic nitrogens is 2. The fourth-order valence-corrected chi connectivity index (χ4v) is 3.09. The molecule has 3 rings (SSSR count). The Labute approximate surface area is 122 Å². The van der Waals surface area contributed by atoms with Crippen molar-refractivity contribution in [2.45, 2.75) is 19.9 Å². The summed E-state index contributed by atoms with van der Waals surface area (Å²) in [6.07, 6.45) is 5.57. The molecule has 0 saturated heterocycles. The third-order valence-corrected chi connectivity index (χ3v) is 4.43. The molecule has 3 nitrogen and oxygen atoms in total. The average Bonchev–Trinajstić information content (AvgIpc) is 3.10. The number of imidazole rings is 1. The molecule has 20 heavy (non-hydrogen) atoms. The van der Waals surface area contributed by atoms with Gasteiger partial charge in [-0.25, -0.2) is 4.98 Å². The number of hydrogen-bond donors (Lipinski definition) is 1. The Morgan fingerprint density at radius 3 is 2.75 bits per heavy atom. The van der Waals surface area contributed by atoms with E-state index in [4.69, 9.17) is 0 Å². The molecule has 102 valence electrons. The van der Waals surface area contributed by atoms with E-state index >= 15 is 0 Å². The van der Waals surface area contributed by atoms with E-state index in [1.54, 1.807) is 6.20 Å². The molecule has 0 saturated carbocycles. The minimum atomic E-state index is 0.290. The van der Waals surface area contributed by atoms with Gasteiger partial charge >= 0.3 is 0 Å². The second-order valence-electron chi connectivity index (χ2n) is 4.80. The van der Waals surface area contributed by atoms with E-state index in [0.29, 0.717) is 6.04 Å². The van der Waals surface area contributed by atoms with Crippen LogP contribution in [-0.2, 0) is 0 Å². The Morgan fingerprint density at radius 2 is 2.05 bits per heavy atom. The Morgan fingerprint density at radius 1 is 1.20 bits per heavy atom. The number of anilines is 1. The molecule has 0 radical (unpaired) electrons. The molecule has 0 aliphatic carbocycles. The summed E-state index contributed by atoms with van der Waals surface area (Å²) in [5.74, 6) is 0. The van der Waals surface area contributed by atoms with Crippen LogP contribution in [0.2, 0.25) is 0 Å². The molecule has 2 heterocycles. The van der Waals surface area contributed by atoms with Crippen LogP contribution in [0.25, 0.3) is 5.69 Å². The van der Waals surface area contributed by atoms with Crippen molar-refractivity contribution in [2.75, 3.05) is 5.32 Å². The van der Waals surface area contributed by atoms with Gasteiger partial charge in [0.2, 0.25) is 0 Å². The van der Waals surface area contributed by atoms with Gasteiger partial charge < -0.3 is 9.88 Å². The number of benzene rings is 1. The zero-order valence-electron chi connectivity index (χ0n) is 11.6. The van der Waals surface area contributed by atoms with E-state index in [-0.39, 0.29) is 0 Å². The van der Waals surface area contributed by atoms with E-state index in [9.17, 15) is 0 Å². The minimum Gasteiger partial charge on any atom is -0.376 e. The molecule has 0 amide bonds. The van der Waals surface area contributed by atoms with Crippen molar-refractivity contribution in [1.29, 1.82) is 0 Å². The number of nitrogens with zero attached hydrogens (tertiary/aromatic N) is 2. The zero-order valence-corrected chi connectivity index (χ0v) is 12.4. The quantitative estimate of drug-likeness (QED) is 0.768. The normalized spacial score (nSPS) is 12.3. The molecule has 1 N–H and O–H groups in total. The Kier molecular flexibility index (Phi) is 3.56. The van der Waals surface area contributed by atoms with E-state index in [0.717, 1.165) is 11.4 Å².